The second kappa shape index (κ2) is 14.3. The topological polar surface area (TPSA) is 117 Å². The van der Waals surface area contributed by atoms with Crippen LogP contribution in [0.3, 0.4) is 0 Å². The molecule has 0 saturated carbocycles. The molecule has 42 heavy (non-hydrogen) atoms. The Morgan fingerprint density at radius 3 is 2.71 bits per heavy atom. The molecule has 9 nitrogen and oxygen atoms in total. The predicted octanol–water partition coefficient (Wildman–Crippen LogP) is 5.97. The van der Waals surface area contributed by atoms with Crippen molar-refractivity contribution in [2.75, 3.05) is 32.2 Å². The van der Waals surface area contributed by atoms with Crippen LogP contribution in [0.15, 0.2) is 72.4 Å². The number of nitrogens with one attached hydrogen (secondary N) is 2. The zero-order valence-electron chi connectivity index (χ0n) is 24.0. The van der Waals surface area contributed by atoms with Crippen molar-refractivity contribution in [2.24, 2.45) is 0 Å². The van der Waals surface area contributed by atoms with Crippen molar-refractivity contribution in [1.29, 1.82) is 5.41 Å². The summed E-state index contributed by atoms with van der Waals surface area (Å²) in [5.74, 6) is -0.575. The molecule has 1 fully saturated rings. The largest absolute Gasteiger partial charge is 0.488 e. The summed E-state index contributed by atoms with van der Waals surface area (Å²) in [5, 5.41) is 20.3. The average Bonchev–Trinajstić information content (AvgIpc) is 3.00. The van der Waals surface area contributed by atoms with E-state index < -0.39 is 5.97 Å². The van der Waals surface area contributed by atoms with Crippen LogP contribution in [0, 0.1) is 5.41 Å². The van der Waals surface area contributed by atoms with E-state index >= 15 is 0 Å². The number of halogens is 1. The highest BCUT2D eigenvalue weighted by molar-refractivity contribution is 6.32. The molecule has 3 heterocycles. The molecule has 0 aliphatic carbocycles. The summed E-state index contributed by atoms with van der Waals surface area (Å²) in [4.78, 5) is 18.6. The molecule has 0 radical (unpaired) electrons. The van der Waals surface area contributed by atoms with E-state index in [4.69, 9.17) is 31.2 Å². The summed E-state index contributed by atoms with van der Waals surface area (Å²) in [6.07, 6.45) is 5.38. The lowest BCUT2D eigenvalue weighted by Gasteiger charge is -2.38. The number of ether oxygens (including phenoxy) is 3. The van der Waals surface area contributed by atoms with Crippen LogP contribution in [0.2, 0.25) is 5.02 Å². The summed E-state index contributed by atoms with van der Waals surface area (Å²) >= 11 is 6.92. The van der Waals surface area contributed by atoms with Crippen LogP contribution in [0.25, 0.3) is 5.57 Å². The molecule has 3 N–H and O–H groups in total. The second-order valence-corrected chi connectivity index (χ2v) is 10.6. The fourth-order valence-electron chi connectivity index (χ4n) is 5.27. The maximum Gasteiger partial charge on any atom is 0.342 e. The van der Waals surface area contributed by atoms with Gasteiger partial charge in [-0.25, -0.2) is 9.78 Å². The van der Waals surface area contributed by atoms with Crippen LogP contribution in [-0.4, -0.2) is 60.1 Å². The quantitative estimate of drug-likeness (QED) is 0.119. The minimum absolute atomic E-state index is 0.111. The third kappa shape index (κ3) is 7.10. The molecule has 0 spiro atoms. The highest BCUT2D eigenvalue weighted by atomic mass is 35.5. The molecular formula is C32H37ClN4O5. The van der Waals surface area contributed by atoms with Gasteiger partial charge in [0, 0.05) is 49.7 Å². The Balaban J connectivity index is 1.55. The van der Waals surface area contributed by atoms with Crippen LogP contribution in [-0.2, 0) is 38.6 Å². The number of aromatic nitrogens is 1. The van der Waals surface area contributed by atoms with E-state index in [1.54, 1.807) is 24.3 Å². The molecule has 222 valence electrons. The lowest BCUT2D eigenvalue weighted by molar-refractivity contribution is -0.132. The van der Waals surface area contributed by atoms with E-state index in [0.717, 1.165) is 56.2 Å². The fraction of sp³-hybridized carbons (Fsp3) is 0.344. The van der Waals surface area contributed by atoms with Crippen LogP contribution >= 0.6 is 11.6 Å². The molecule has 0 atom stereocenters. The number of carboxylic acid groups (broad SMARTS) is 1. The van der Waals surface area contributed by atoms with E-state index in [1.807, 2.05) is 13.0 Å². The Kier molecular flexibility index (Phi) is 10.6. The Morgan fingerprint density at radius 2 is 2.07 bits per heavy atom. The van der Waals surface area contributed by atoms with Gasteiger partial charge in [-0.2, -0.15) is 0 Å². The highest BCUT2D eigenvalue weighted by Crippen LogP contribution is 2.33. The minimum Gasteiger partial charge on any atom is -0.488 e. The van der Waals surface area contributed by atoms with Gasteiger partial charge < -0.3 is 30.0 Å². The number of anilines is 1. The third-order valence-corrected chi connectivity index (χ3v) is 7.92. The van der Waals surface area contributed by atoms with Crippen LogP contribution < -0.4 is 5.32 Å². The molecule has 1 saturated heterocycles. The summed E-state index contributed by atoms with van der Waals surface area (Å²) in [6, 6.07) is 9.94. The lowest BCUT2D eigenvalue weighted by Crippen LogP contribution is -2.42. The van der Waals surface area contributed by atoms with Crippen LogP contribution in [0.4, 0.5) is 5.82 Å². The maximum atomic E-state index is 11.5. The first kappa shape index (κ1) is 31.0. The van der Waals surface area contributed by atoms with Gasteiger partial charge in [-0.3, -0.25) is 4.90 Å². The molecule has 1 aromatic carbocycles. The first-order chi connectivity index (χ1) is 20.3. The van der Waals surface area contributed by atoms with Gasteiger partial charge in [-0.05, 0) is 55.0 Å². The molecule has 0 unspecified atom stereocenters. The number of nitrogens with zero attached hydrogens (tertiary/aromatic N) is 2. The van der Waals surface area contributed by atoms with Crippen molar-refractivity contribution in [1.82, 2.24) is 9.88 Å². The molecule has 4 rings (SSSR count). The Labute approximate surface area is 251 Å². The summed E-state index contributed by atoms with van der Waals surface area (Å²) < 4.78 is 17.0. The van der Waals surface area contributed by atoms with E-state index in [1.165, 1.54) is 18.2 Å². The number of allylic oxidation sites excluding steroid dienone is 3. The number of aliphatic carboxylic acids is 1. The number of carboxylic acids is 1. The van der Waals surface area contributed by atoms with Gasteiger partial charge in [0.2, 0.25) is 5.88 Å². The highest BCUT2D eigenvalue weighted by Gasteiger charge is 2.27. The van der Waals surface area contributed by atoms with Crippen molar-refractivity contribution in [2.45, 2.75) is 45.4 Å². The van der Waals surface area contributed by atoms with E-state index in [2.05, 4.69) is 34.4 Å². The molecule has 0 bridgehead atoms. The number of pyridine rings is 1. The van der Waals surface area contributed by atoms with E-state index in [0.29, 0.717) is 40.7 Å². The number of carbonyl (C=O) groups is 1. The summed E-state index contributed by atoms with van der Waals surface area (Å²) in [7, 11) is 1.31. The first-order valence-electron chi connectivity index (χ1n) is 13.8. The van der Waals surface area contributed by atoms with Crippen molar-refractivity contribution in [3.8, 4) is 0 Å². The van der Waals surface area contributed by atoms with Gasteiger partial charge in [-0.1, -0.05) is 49.0 Å². The fourth-order valence-corrected chi connectivity index (χ4v) is 5.61. The average molecular weight is 593 g/mol. The van der Waals surface area contributed by atoms with Crippen molar-refractivity contribution in [3.63, 3.8) is 0 Å². The monoisotopic (exact) mass is 592 g/mol. The molecule has 0 amide bonds. The van der Waals surface area contributed by atoms with E-state index in [9.17, 15) is 9.90 Å². The van der Waals surface area contributed by atoms with Gasteiger partial charge >= 0.3 is 5.97 Å². The molecule has 10 heteroatoms. The minimum atomic E-state index is -1.30. The smallest absolute Gasteiger partial charge is 0.342 e. The van der Waals surface area contributed by atoms with Crippen molar-refractivity contribution in [3.05, 3.63) is 99.8 Å². The second-order valence-electron chi connectivity index (χ2n) is 10.2. The third-order valence-electron chi connectivity index (χ3n) is 7.45. The molecule has 2 aromatic rings. The zero-order valence-corrected chi connectivity index (χ0v) is 24.8. The zero-order chi connectivity index (χ0) is 30.2. The number of methoxy groups -OCH3 is 1. The van der Waals surface area contributed by atoms with E-state index in [-0.39, 0.29) is 18.1 Å². The van der Waals surface area contributed by atoms with Crippen molar-refractivity contribution >= 4 is 35.2 Å². The SMILES string of the molecule is C=C/C(=C(/OCc1ccc2c(c1Cl)CCN(C1CCOCC1)C2)C(=C)C)c1cccc(N/C(OC)=C(\C=N)C(=O)O)n1. The van der Waals surface area contributed by atoms with Gasteiger partial charge in [0.05, 0.1) is 17.8 Å². The number of rotatable bonds is 12. The van der Waals surface area contributed by atoms with Gasteiger partial charge in [0.1, 0.15) is 23.8 Å². The standard InChI is InChI=1S/C32H37ClN4O5/c1-5-24(27-7-6-8-28(35-27)36-31(40-4)26(17-34)32(38)39)30(20(2)3)42-19-22-10-9-21-18-37(14-11-25(21)29(22)33)23-12-15-41-16-13-23/h5-10,17,23,34H,1-2,11-16,18-19H2,3-4H3,(H,35,36)(H,38,39)/b30-24-,31-26-,34-17?. The molecular weight excluding hydrogens is 556 g/mol. The molecule has 1 aromatic heterocycles. The lowest BCUT2D eigenvalue weighted by atomic mass is 9.94. The summed E-state index contributed by atoms with van der Waals surface area (Å²) in [5.41, 5.74) is 4.81. The molecule has 2 aliphatic heterocycles. The number of hydrogen-bond acceptors (Lipinski definition) is 8. The Hall–Kier alpha value is -3.92. The Morgan fingerprint density at radius 1 is 1.31 bits per heavy atom. The van der Waals surface area contributed by atoms with Gasteiger partial charge in [-0.15, -0.1) is 0 Å². The van der Waals surface area contributed by atoms with Gasteiger partial charge in [0.25, 0.3) is 0 Å². The normalized spacial score (nSPS) is 16.8. The predicted molar refractivity (Wildman–Crippen MR) is 164 cm³/mol. The first-order valence-corrected chi connectivity index (χ1v) is 14.2. The molecule has 2 aliphatic rings. The number of fused-ring (bicyclic) bond motifs is 1. The summed E-state index contributed by atoms with van der Waals surface area (Å²) in [6.45, 7) is 13.7. The maximum absolute atomic E-state index is 11.5. The van der Waals surface area contributed by atoms with Crippen LogP contribution in [0.1, 0.15) is 42.1 Å². The Bertz CT molecular complexity index is 1430. The number of benzene rings is 1. The van der Waals surface area contributed by atoms with Gasteiger partial charge in [0.15, 0.2) is 0 Å². The van der Waals surface area contributed by atoms with Crippen molar-refractivity contribution < 1.29 is 24.1 Å². The number of hydrogen-bond donors (Lipinski definition) is 3. The van der Waals surface area contributed by atoms with Crippen LogP contribution in [0.5, 0.6) is 0 Å².